The van der Waals surface area contributed by atoms with Gasteiger partial charge in [-0.25, -0.2) is 4.79 Å². The number of carbonyl (C=O) groups is 1. The number of benzene rings is 1. The largest absolute Gasteiger partial charge is 0.478 e. The zero-order chi connectivity index (χ0) is 10.3. The van der Waals surface area contributed by atoms with Crippen LogP contribution < -0.4 is 5.73 Å². The van der Waals surface area contributed by atoms with E-state index < -0.39 is 5.97 Å². The molecule has 1 aromatic heterocycles. The first-order valence-electron chi connectivity index (χ1n) is 3.79. The van der Waals surface area contributed by atoms with Gasteiger partial charge in [-0.15, -0.1) is 11.3 Å². The van der Waals surface area contributed by atoms with E-state index in [1.54, 1.807) is 11.4 Å². The summed E-state index contributed by atoms with van der Waals surface area (Å²) >= 11 is 7.26. The summed E-state index contributed by atoms with van der Waals surface area (Å²) < 4.78 is 0.799. The fourth-order valence-electron chi connectivity index (χ4n) is 1.32. The number of carboxylic acids is 1. The topological polar surface area (TPSA) is 63.3 Å². The van der Waals surface area contributed by atoms with E-state index in [0.717, 1.165) is 4.70 Å². The molecule has 1 aromatic carbocycles. The average Bonchev–Trinajstić information content (AvgIpc) is 2.46. The fraction of sp³-hybridized carbons (Fsp3) is 0. The minimum absolute atomic E-state index is 0.159. The highest BCUT2D eigenvalue weighted by Gasteiger charge is 2.13. The molecule has 0 saturated heterocycles. The molecule has 2 rings (SSSR count). The number of halogens is 1. The standard InChI is InChI=1S/C9H6ClNO2S/c10-6-3-14-7-2-4(11)1-5(8(6)7)9(12)13/h1-3H,11H2,(H,12,13). The maximum atomic E-state index is 10.9. The predicted octanol–water partition coefficient (Wildman–Crippen LogP) is 2.84. The molecule has 14 heavy (non-hydrogen) atoms. The molecule has 0 fully saturated rings. The normalized spacial score (nSPS) is 10.6. The Labute approximate surface area is 88.7 Å². The zero-order valence-electron chi connectivity index (χ0n) is 6.95. The molecule has 5 heteroatoms. The Hall–Kier alpha value is -1.26. The smallest absolute Gasteiger partial charge is 0.336 e. The van der Waals surface area contributed by atoms with Crippen LogP contribution in [0.2, 0.25) is 5.02 Å². The van der Waals surface area contributed by atoms with E-state index in [4.69, 9.17) is 22.4 Å². The van der Waals surface area contributed by atoms with Crippen molar-refractivity contribution in [2.45, 2.75) is 0 Å². The van der Waals surface area contributed by atoms with Gasteiger partial charge >= 0.3 is 5.97 Å². The lowest BCUT2D eigenvalue weighted by Gasteiger charge is -2.00. The van der Waals surface area contributed by atoms with Crippen molar-refractivity contribution in [3.63, 3.8) is 0 Å². The molecule has 3 N–H and O–H groups in total. The Morgan fingerprint density at radius 3 is 2.86 bits per heavy atom. The molecule has 0 aliphatic heterocycles. The van der Waals surface area contributed by atoms with Gasteiger partial charge in [0.25, 0.3) is 0 Å². The highest BCUT2D eigenvalue weighted by atomic mass is 35.5. The van der Waals surface area contributed by atoms with Crippen LogP contribution in [-0.2, 0) is 0 Å². The lowest BCUT2D eigenvalue weighted by Crippen LogP contribution is -1.98. The molecule has 0 unspecified atom stereocenters. The van der Waals surface area contributed by atoms with Crippen LogP contribution in [0.1, 0.15) is 10.4 Å². The van der Waals surface area contributed by atoms with E-state index in [0.29, 0.717) is 16.1 Å². The Kier molecular flexibility index (Phi) is 2.09. The van der Waals surface area contributed by atoms with Crippen LogP contribution in [0.25, 0.3) is 10.1 Å². The molecule has 0 radical (unpaired) electrons. The third-order valence-corrected chi connectivity index (χ3v) is 3.24. The van der Waals surface area contributed by atoms with Gasteiger partial charge in [-0.2, -0.15) is 0 Å². The van der Waals surface area contributed by atoms with Crippen LogP contribution in [0.15, 0.2) is 17.5 Å². The van der Waals surface area contributed by atoms with Crippen LogP contribution in [0, 0.1) is 0 Å². The second-order valence-electron chi connectivity index (χ2n) is 2.83. The molecule has 0 saturated carbocycles. The van der Waals surface area contributed by atoms with Gasteiger partial charge in [-0.3, -0.25) is 0 Å². The summed E-state index contributed by atoms with van der Waals surface area (Å²) in [6.45, 7) is 0. The summed E-state index contributed by atoms with van der Waals surface area (Å²) in [7, 11) is 0. The van der Waals surface area contributed by atoms with E-state index in [1.165, 1.54) is 17.4 Å². The van der Waals surface area contributed by atoms with Gasteiger partial charge in [0.05, 0.1) is 10.6 Å². The molecule has 1 heterocycles. The number of thiophene rings is 1. The van der Waals surface area contributed by atoms with Crippen molar-refractivity contribution in [1.29, 1.82) is 0 Å². The van der Waals surface area contributed by atoms with Crippen molar-refractivity contribution in [3.05, 3.63) is 28.1 Å². The molecule has 0 aliphatic rings. The maximum Gasteiger partial charge on any atom is 0.336 e. The lowest BCUT2D eigenvalue weighted by atomic mass is 10.1. The van der Waals surface area contributed by atoms with Crippen molar-refractivity contribution >= 4 is 44.7 Å². The van der Waals surface area contributed by atoms with E-state index in [2.05, 4.69) is 0 Å². The van der Waals surface area contributed by atoms with E-state index >= 15 is 0 Å². The zero-order valence-corrected chi connectivity index (χ0v) is 8.52. The molecule has 2 aromatic rings. The number of hydrogen-bond donors (Lipinski definition) is 2. The van der Waals surface area contributed by atoms with Gasteiger partial charge in [0.15, 0.2) is 0 Å². The lowest BCUT2D eigenvalue weighted by molar-refractivity contribution is 0.0699. The quantitative estimate of drug-likeness (QED) is 0.737. The predicted molar refractivity (Wildman–Crippen MR) is 58.2 cm³/mol. The molecular weight excluding hydrogens is 222 g/mol. The van der Waals surface area contributed by atoms with Gasteiger partial charge in [-0.1, -0.05) is 11.6 Å². The summed E-state index contributed by atoms with van der Waals surface area (Å²) in [6, 6.07) is 3.14. The van der Waals surface area contributed by atoms with Crippen LogP contribution in [0.5, 0.6) is 0 Å². The second-order valence-corrected chi connectivity index (χ2v) is 4.15. The molecule has 0 amide bonds. The number of anilines is 1. The SMILES string of the molecule is Nc1cc(C(=O)O)c2c(Cl)csc2c1. The first-order chi connectivity index (χ1) is 6.59. The van der Waals surface area contributed by atoms with Crippen molar-refractivity contribution in [3.8, 4) is 0 Å². The molecule has 72 valence electrons. The van der Waals surface area contributed by atoms with Gasteiger partial charge in [-0.05, 0) is 12.1 Å². The van der Waals surface area contributed by atoms with E-state index in [-0.39, 0.29) is 5.56 Å². The molecule has 0 atom stereocenters. The summed E-state index contributed by atoms with van der Waals surface area (Å²) in [4.78, 5) is 10.9. The Morgan fingerprint density at radius 2 is 2.21 bits per heavy atom. The summed E-state index contributed by atoms with van der Waals surface area (Å²) in [5, 5.41) is 11.7. The van der Waals surface area contributed by atoms with E-state index in [1.807, 2.05) is 0 Å². The number of carboxylic acid groups (broad SMARTS) is 1. The second kappa shape index (κ2) is 3.15. The number of fused-ring (bicyclic) bond motifs is 1. The highest BCUT2D eigenvalue weighted by Crippen LogP contribution is 2.34. The number of rotatable bonds is 1. The molecule has 3 nitrogen and oxygen atoms in total. The van der Waals surface area contributed by atoms with Crippen molar-refractivity contribution in [1.82, 2.24) is 0 Å². The monoisotopic (exact) mass is 227 g/mol. The van der Waals surface area contributed by atoms with E-state index in [9.17, 15) is 4.79 Å². The van der Waals surface area contributed by atoms with Crippen LogP contribution >= 0.6 is 22.9 Å². The Bertz CT molecular complexity index is 521. The van der Waals surface area contributed by atoms with Crippen molar-refractivity contribution in [2.75, 3.05) is 5.73 Å². The van der Waals surface area contributed by atoms with Gasteiger partial charge in [0, 0.05) is 21.2 Å². The molecular formula is C9H6ClNO2S. The fourth-order valence-corrected chi connectivity index (χ4v) is 2.60. The van der Waals surface area contributed by atoms with Crippen LogP contribution in [0.3, 0.4) is 0 Å². The summed E-state index contributed by atoms with van der Waals surface area (Å²) in [5.74, 6) is -1.01. The average molecular weight is 228 g/mol. The minimum atomic E-state index is -1.01. The Morgan fingerprint density at radius 1 is 1.50 bits per heavy atom. The molecule has 0 aliphatic carbocycles. The number of nitrogens with two attached hydrogens (primary N) is 1. The third kappa shape index (κ3) is 1.32. The van der Waals surface area contributed by atoms with Crippen molar-refractivity contribution < 1.29 is 9.90 Å². The minimum Gasteiger partial charge on any atom is -0.478 e. The van der Waals surface area contributed by atoms with Gasteiger partial charge in [0.2, 0.25) is 0 Å². The van der Waals surface area contributed by atoms with Gasteiger partial charge < -0.3 is 10.8 Å². The summed E-state index contributed by atoms with van der Waals surface area (Å²) in [5.41, 5.74) is 6.17. The van der Waals surface area contributed by atoms with Crippen molar-refractivity contribution in [2.24, 2.45) is 0 Å². The molecule has 0 spiro atoms. The maximum absolute atomic E-state index is 10.9. The van der Waals surface area contributed by atoms with Crippen LogP contribution in [-0.4, -0.2) is 11.1 Å². The first kappa shape index (κ1) is 9.30. The first-order valence-corrected chi connectivity index (χ1v) is 5.05. The van der Waals surface area contributed by atoms with Crippen LogP contribution in [0.4, 0.5) is 5.69 Å². The summed E-state index contributed by atoms with van der Waals surface area (Å²) in [6.07, 6.45) is 0. The number of aromatic carboxylic acids is 1. The number of hydrogen-bond acceptors (Lipinski definition) is 3. The van der Waals surface area contributed by atoms with Gasteiger partial charge in [0.1, 0.15) is 0 Å². The third-order valence-electron chi connectivity index (χ3n) is 1.88. The highest BCUT2D eigenvalue weighted by molar-refractivity contribution is 7.18. The Balaban J connectivity index is 2.90. The molecule has 0 bridgehead atoms. The number of nitrogen functional groups attached to an aromatic ring is 1.